The Kier molecular flexibility index (Phi) is 13.0. The van der Waals surface area contributed by atoms with Gasteiger partial charge in [-0.1, -0.05) is 5.16 Å². The molecule has 2 aromatic heterocycles. The number of benzene rings is 1. The number of ether oxygens (including phenoxy) is 3. The fourth-order valence-electron chi connectivity index (χ4n) is 5.33. The van der Waals surface area contributed by atoms with E-state index in [-0.39, 0.29) is 47.7 Å². The van der Waals surface area contributed by atoms with E-state index in [9.17, 15) is 29.6 Å². The topological polar surface area (TPSA) is 247 Å². The predicted molar refractivity (Wildman–Crippen MR) is 186 cm³/mol. The second-order valence-corrected chi connectivity index (χ2v) is 13.1. The molecule has 0 radical (unpaired) electrons. The van der Waals surface area contributed by atoms with Gasteiger partial charge in [0, 0.05) is 66.8 Å². The van der Waals surface area contributed by atoms with Crippen molar-refractivity contribution in [2.45, 2.75) is 31.0 Å². The van der Waals surface area contributed by atoms with Crippen molar-refractivity contribution >= 4 is 57.6 Å². The van der Waals surface area contributed by atoms with Crippen LogP contribution in [0.2, 0.25) is 0 Å². The molecule has 0 aliphatic carbocycles. The summed E-state index contributed by atoms with van der Waals surface area (Å²) < 4.78 is 21.7. The van der Waals surface area contributed by atoms with Crippen molar-refractivity contribution < 1.29 is 48.0 Å². The Morgan fingerprint density at radius 2 is 1.94 bits per heavy atom. The molecule has 4 heterocycles. The summed E-state index contributed by atoms with van der Waals surface area (Å²) in [7, 11) is 2.82. The number of nitrogens with zero attached hydrogens (tertiary/aromatic N) is 6. The smallest absolute Gasteiger partial charge is 0.352 e. The second-order valence-electron chi connectivity index (χ2n) is 11.2. The van der Waals surface area contributed by atoms with E-state index in [1.807, 2.05) is 12.1 Å². The number of carboxylic acid groups (broad SMARTS) is 1. The number of carboxylic acids is 1. The van der Waals surface area contributed by atoms with Gasteiger partial charge in [-0.15, -0.1) is 11.8 Å². The highest BCUT2D eigenvalue weighted by Gasteiger charge is 2.55. The molecule has 0 bridgehead atoms. The number of rotatable bonds is 19. The zero-order chi connectivity index (χ0) is 37.2. The zero-order valence-electron chi connectivity index (χ0n) is 28.1. The number of aromatic nitrogens is 3. The number of pyridine rings is 1. The van der Waals surface area contributed by atoms with Gasteiger partial charge in [0.05, 0.1) is 24.7 Å². The summed E-state index contributed by atoms with van der Waals surface area (Å²) in [4.78, 5) is 59.6. The normalized spacial score (nSPS) is 17.0. The molecule has 0 spiro atoms. The highest BCUT2D eigenvalue weighted by atomic mass is 32.2. The standard InChI is InChI=1S/C31H35N9O10S2/c1-47-9-10-49-11-12-50-21-3-4-22(40(45)46)19(13-21)15-33-14-18-5-7-38(8-6-18)16-20-17-51-29-24(28(42)39(29)25(20)30(43)44)34-27(41)23(36-48-2)26-35-31(32)52-37-26/h3-8,13,24,29,33H,9-12,14-17H2,1-2H3,(H3-,32,34,35,37,41,43,44)/p+1/b36-23-/t24-,29-/m1/s1. The Bertz CT molecular complexity index is 1850. The summed E-state index contributed by atoms with van der Waals surface area (Å²) >= 11 is 2.18. The first-order chi connectivity index (χ1) is 25.1. The molecule has 21 heteroatoms. The number of oxime groups is 1. The summed E-state index contributed by atoms with van der Waals surface area (Å²) in [5.74, 6) is -1.90. The molecule has 1 aromatic carbocycles. The van der Waals surface area contributed by atoms with Crippen LogP contribution in [-0.2, 0) is 48.3 Å². The van der Waals surface area contributed by atoms with Crippen molar-refractivity contribution in [3.8, 4) is 5.75 Å². The number of β-lactam (4-membered cyclic amide) rings is 1. The molecular weight excluding hydrogens is 723 g/mol. The largest absolute Gasteiger partial charge is 0.491 e. The number of carbonyl (C=O) groups excluding carboxylic acids is 2. The Morgan fingerprint density at radius 3 is 2.62 bits per heavy atom. The number of nitrogens with one attached hydrogen (secondary N) is 2. The van der Waals surface area contributed by atoms with Crippen LogP contribution in [0, 0.1) is 10.1 Å². The van der Waals surface area contributed by atoms with Gasteiger partial charge < -0.3 is 40.5 Å². The number of nitro benzene ring substituents is 1. The molecule has 52 heavy (non-hydrogen) atoms. The van der Waals surface area contributed by atoms with Crippen LogP contribution in [0.4, 0.5) is 10.8 Å². The van der Waals surface area contributed by atoms with Crippen molar-refractivity contribution in [1.82, 2.24) is 24.9 Å². The number of hydrogen-bond acceptors (Lipinski definition) is 16. The Labute approximate surface area is 305 Å². The molecule has 3 aromatic rings. The molecule has 5 rings (SSSR count). The molecule has 1 fully saturated rings. The molecule has 1 saturated heterocycles. The summed E-state index contributed by atoms with van der Waals surface area (Å²) in [5.41, 5.74) is 7.04. The minimum Gasteiger partial charge on any atom is -0.491 e. The Balaban J connectivity index is 1.17. The molecule has 276 valence electrons. The van der Waals surface area contributed by atoms with E-state index in [2.05, 4.69) is 25.1 Å². The fraction of sp³-hybridized carbons (Fsp3) is 0.387. The third-order valence-electron chi connectivity index (χ3n) is 7.74. The number of hydrogen-bond donors (Lipinski definition) is 4. The SMILES string of the molecule is COCCOCCOc1ccc([N+](=O)[O-])c(CNCc2cc[n+](CC3=C(C(=O)O)N4C(=O)[C@@H](NC(=O)/C(=N\OC)c5nsc(N)n5)[C@H]4SC3)cc2)c1. The summed E-state index contributed by atoms with van der Waals surface area (Å²) in [5, 5.41) is 30.7. The summed E-state index contributed by atoms with van der Waals surface area (Å²) in [6.45, 7) is 2.36. The van der Waals surface area contributed by atoms with Gasteiger partial charge in [-0.2, -0.15) is 9.36 Å². The molecule has 2 aliphatic rings. The number of carbonyl (C=O) groups is 3. The quantitative estimate of drug-likeness (QED) is 0.0324. The van der Waals surface area contributed by atoms with Crippen LogP contribution < -0.4 is 25.7 Å². The first kappa shape index (κ1) is 38.0. The van der Waals surface area contributed by atoms with E-state index < -0.39 is 34.1 Å². The molecule has 2 atom stereocenters. The molecule has 19 nitrogen and oxygen atoms in total. The number of thioether (sulfide) groups is 1. The minimum absolute atomic E-state index is 0.0326. The monoisotopic (exact) mass is 758 g/mol. The van der Waals surface area contributed by atoms with Gasteiger partial charge in [-0.05, 0) is 17.7 Å². The van der Waals surface area contributed by atoms with Gasteiger partial charge in [-0.3, -0.25) is 24.6 Å². The van der Waals surface area contributed by atoms with E-state index in [1.54, 1.807) is 36.2 Å². The van der Waals surface area contributed by atoms with E-state index >= 15 is 0 Å². The lowest BCUT2D eigenvalue weighted by Crippen LogP contribution is -2.71. The van der Waals surface area contributed by atoms with Crippen LogP contribution in [0.1, 0.15) is 17.0 Å². The number of nitro groups is 1. The van der Waals surface area contributed by atoms with Crippen molar-refractivity contribution in [2.75, 3.05) is 52.1 Å². The van der Waals surface area contributed by atoms with Crippen molar-refractivity contribution in [1.29, 1.82) is 0 Å². The number of aliphatic carboxylic acids is 1. The second kappa shape index (κ2) is 17.8. The number of fused-ring (bicyclic) bond motifs is 1. The number of nitrogen functional groups attached to an aromatic ring is 1. The van der Waals surface area contributed by atoms with Gasteiger partial charge in [0.25, 0.3) is 17.5 Å². The van der Waals surface area contributed by atoms with E-state index in [0.717, 1.165) is 17.1 Å². The maximum absolute atomic E-state index is 13.2. The Hall–Kier alpha value is -5.22. The van der Waals surface area contributed by atoms with E-state index in [4.69, 9.17) is 24.8 Å². The zero-order valence-corrected chi connectivity index (χ0v) is 29.7. The van der Waals surface area contributed by atoms with E-state index in [0.29, 0.717) is 49.0 Å². The van der Waals surface area contributed by atoms with Gasteiger partial charge >= 0.3 is 5.97 Å². The minimum atomic E-state index is -1.26. The lowest BCUT2D eigenvalue weighted by atomic mass is 10.0. The third kappa shape index (κ3) is 9.16. The first-order valence-electron chi connectivity index (χ1n) is 15.7. The van der Waals surface area contributed by atoms with Gasteiger partial charge in [0.2, 0.25) is 11.5 Å². The summed E-state index contributed by atoms with van der Waals surface area (Å²) in [6, 6.07) is 7.26. The third-order valence-corrected chi connectivity index (χ3v) is 9.62. The highest BCUT2D eigenvalue weighted by molar-refractivity contribution is 8.00. The lowest BCUT2D eigenvalue weighted by Gasteiger charge is -2.49. The molecule has 0 saturated carbocycles. The van der Waals surface area contributed by atoms with Crippen molar-refractivity contribution in [3.63, 3.8) is 0 Å². The first-order valence-corrected chi connectivity index (χ1v) is 17.5. The molecule has 0 unspecified atom stereocenters. The average molecular weight is 759 g/mol. The molecule has 2 aliphatic heterocycles. The van der Waals surface area contributed by atoms with E-state index in [1.165, 1.54) is 29.8 Å². The number of methoxy groups -OCH3 is 1. The van der Waals surface area contributed by atoms with Gasteiger partial charge in [0.1, 0.15) is 36.6 Å². The van der Waals surface area contributed by atoms with Gasteiger partial charge in [-0.25, -0.2) is 9.36 Å². The maximum atomic E-state index is 13.2. The van der Waals surface area contributed by atoms with Crippen LogP contribution in [0.3, 0.4) is 0 Å². The maximum Gasteiger partial charge on any atom is 0.352 e. The molecule has 2 amide bonds. The van der Waals surface area contributed by atoms with Gasteiger partial charge in [0.15, 0.2) is 24.1 Å². The van der Waals surface area contributed by atoms with Crippen molar-refractivity contribution in [3.05, 3.63) is 81.1 Å². The summed E-state index contributed by atoms with van der Waals surface area (Å²) in [6.07, 6.45) is 3.56. The van der Waals surface area contributed by atoms with Crippen LogP contribution >= 0.6 is 23.3 Å². The van der Waals surface area contributed by atoms with Crippen molar-refractivity contribution in [2.24, 2.45) is 5.16 Å². The number of nitrogens with two attached hydrogens (primary N) is 1. The van der Waals surface area contributed by atoms with Crippen LogP contribution in [0.5, 0.6) is 5.75 Å². The lowest BCUT2D eigenvalue weighted by molar-refractivity contribution is -0.689. The Morgan fingerprint density at radius 1 is 1.17 bits per heavy atom. The average Bonchev–Trinajstić information content (AvgIpc) is 3.56. The van der Waals surface area contributed by atoms with Crippen LogP contribution in [0.15, 0.2) is 59.2 Å². The van der Waals surface area contributed by atoms with Crippen LogP contribution in [-0.4, -0.2) is 106 Å². The number of amides is 2. The predicted octanol–water partition coefficient (Wildman–Crippen LogP) is 0.437. The molecule has 5 N–H and O–H groups in total. The highest BCUT2D eigenvalue weighted by Crippen LogP contribution is 2.40. The van der Waals surface area contributed by atoms with Crippen LogP contribution in [0.25, 0.3) is 0 Å². The fourth-order valence-corrected chi connectivity index (χ4v) is 7.10. The number of anilines is 1. The molecular formula is C31H36N9O10S2+.